The Morgan fingerprint density at radius 1 is 1.06 bits per heavy atom. The van der Waals surface area contributed by atoms with Crippen LogP contribution in [-0.2, 0) is 9.59 Å². The first kappa shape index (κ1) is 22.9. The Kier molecular flexibility index (Phi) is 6.27. The molecule has 1 aliphatic heterocycles. The van der Waals surface area contributed by atoms with Crippen molar-refractivity contribution < 1.29 is 33.8 Å². The summed E-state index contributed by atoms with van der Waals surface area (Å²) >= 11 is 0. The van der Waals surface area contributed by atoms with Gasteiger partial charge in [-0.2, -0.15) is 0 Å². The van der Waals surface area contributed by atoms with Crippen LogP contribution in [0.25, 0.3) is 5.76 Å². The molecule has 4 rings (SSSR count). The summed E-state index contributed by atoms with van der Waals surface area (Å²) < 4.78 is 16.1. The average molecular weight is 464 g/mol. The standard InChI is InChI=1S/C25H24N2O7/c1-4-32-17-9-6-15(7-10-17)23(29)21-22(16-8-11-18(28)19(13-16)33-5-2)27(25(31)24(21)30)20-12-14(3)34-26-20/h6-13,22,28-29H,4-5H2,1-3H3/b23-21+. The molecule has 2 aromatic carbocycles. The lowest BCUT2D eigenvalue weighted by Gasteiger charge is -2.23. The van der Waals surface area contributed by atoms with Gasteiger partial charge in [-0.15, -0.1) is 0 Å². The number of ketones is 1. The lowest BCUT2D eigenvalue weighted by atomic mass is 9.95. The second-order valence-corrected chi connectivity index (χ2v) is 7.58. The van der Waals surface area contributed by atoms with E-state index in [1.165, 1.54) is 23.1 Å². The number of aryl methyl sites for hydroxylation is 1. The number of amides is 1. The zero-order valence-electron chi connectivity index (χ0n) is 18.9. The Hall–Kier alpha value is -4.27. The van der Waals surface area contributed by atoms with Crippen LogP contribution in [0.15, 0.2) is 58.6 Å². The Balaban J connectivity index is 1.90. The molecular formula is C25H24N2O7. The molecule has 176 valence electrons. The number of carbonyl (C=O) groups excluding carboxylic acids is 2. The number of rotatable bonds is 7. The summed E-state index contributed by atoms with van der Waals surface area (Å²) in [5, 5.41) is 25.2. The Bertz CT molecular complexity index is 1260. The van der Waals surface area contributed by atoms with Crippen LogP contribution in [0.5, 0.6) is 17.2 Å². The second-order valence-electron chi connectivity index (χ2n) is 7.58. The van der Waals surface area contributed by atoms with Crippen LogP contribution < -0.4 is 14.4 Å². The highest BCUT2D eigenvalue weighted by atomic mass is 16.5. The number of ether oxygens (including phenoxy) is 2. The van der Waals surface area contributed by atoms with Crippen molar-refractivity contribution in [2.45, 2.75) is 26.8 Å². The molecular weight excluding hydrogens is 440 g/mol. The fraction of sp³-hybridized carbons (Fsp3) is 0.240. The van der Waals surface area contributed by atoms with E-state index < -0.39 is 17.7 Å². The molecule has 1 saturated heterocycles. The van der Waals surface area contributed by atoms with E-state index in [1.807, 2.05) is 6.92 Å². The van der Waals surface area contributed by atoms with Crippen LogP contribution in [0.2, 0.25) is 0 Å². The second kappa shape index (κ2) is 9.30. The first-order chi connectivity index (χ1) is 16.3. The molecule has 0 bridgehead atoms. The van der Waals surface area contributed by atoms with Gasteiger partial charge >= 0.3 is 5.91 Å². The van der Waals surface area contributed by atoms with Crippen molar-refractivity contribution in [1.29, 1.82) is 0 Å². The van der Waals surface area contributed by atoms with Crippen LogP contribution in [0.3, 0.4) is 0 Å². The number of phenols is 1. The molecule has 0 spiro atoms. The molecule has 1 amide bonds. The molecule has 1 unspecified atom stereocenters. The van der Waals surface area contributed by atoms with Crippen molar-refractivity contribution in [2.24, 2.45) is 0 Å². The van der Waals surface area contributed by atoms with E-state index in [9.17, 15) is 19.8 Å². The zero-order chi connectivity index (χ0) is 24.4. The van der Waals surface area contributed by atoms with Crippen LogP contribution >= 0.6 is 0 Å². The van der Waals surface area contributed by atoms with E-state index in [4.69, 9.17) is 14.0 Å². The first-order valence-electron chi connectivity index (χ1n) is 10.8. The van der Waals surface area contributed by atoms with Gasteiger partial charge in [-0.05, 0) is 62.7 Å². The number of aromatic nitrogens is 1. The number of aliphatic hydroxyl groups excluding tert-OH is 1. The van der Waals surface area contributed by atoms with Crippen LogP contribution in [0.1, 0.15) is 36.8 Å². The third kappa shape index (κ3) is 4.07. The molecule has 34 heavy (non-hydrogen) atoms. The third-order valence-electron chi connectivity index (χ3n) is 5.34. The summed E-state index contributed by atoms with van der Waals surface area (Å²) in [6.45, 7) is 6.07. The van der Waals surface area contributed by atoms with E-state index in [0.717, 1.165) is 0 Å². The van der Waals surface area contributed by atoms with Gasteiger partial charge in [0.1, 0.15) is 17.3 Å². The van der Waals surface area contributed by atoms with Crippen molar-refractivity contribution in [2.75, 3.05) is 18.1 Å². The van der Waals surface area contributed by atoms with Crippen molar-refractivity contribution in [3.8, 4) is 17.2 Å². The minimum Gasteiger partial charge on any atom is -0.507 e. The monoisotopic (exact) mass is 464 g/mol. The number of anilines is 1. The predicted octanol–water partition coefficient (Wildman–Crippen LogP) is 4.11. The zero-order valence-corrected chi connectivity index (χ0v) is 18.9. The maximum absolute atomic E-state index is 13.2. The van der Waals surface area contributed by atoms with Gasteiger partial charge in [0, 0.05) is 11.6 Å². The SMILES string of the molecule is CCOc1ccc(/C(O)=C2\C(=O)C(=O)N(c3cc(C)on3)C2c2ccc(O)c(OCC)c2)cc1. The molecule has 9 heteroatoms. The lowest BCUT2D eigenvalue weighted by molar-refractivity contribution is -0.132. The van der Waals surface area contributed by atoms with Gasteiger partial charge in [-0.3, -0.25) is 14.5 Å². The molecule has 1 aliphatic rings. The molecule has 0 aliphatic carbocycles. The number of hydrogen-bond donors (Lipinski definition) is 2. The number of hydrogen-bond acceptors (Lipinski definition) is 8. The minimum atomic E-state index is -1.03. The van der Waals surface area contributed by atoms with Crippen molar-refractivity contribution in [3.63, 3.8) is 0 Å². The molecule has 2 heterocycles. The summed E-state index contributed by atoms with van der Waals surface area (Å²) in [4.78, 5) is 27.4. The largest absolute Gasteiger partial charge is 0.507 e. The quantitative estimate of drug-likeness (QED) is 0.304. The number of phenolic OH excluding ortho intramolecular Hbond substituents is 1. The van der Waals surface area contributed by atoms with Crippen LogP contribution in [-0.4, -0.2) is 40.3 Å². The number of aliphatic hydroxyl groups is 1. The number of aromatic hydroxyl groups is 1. The fourth-order valence-electron chi connectivity index (χ4n) is 3.85. The fourth-order valence-corrected chi connectivity index (χ4v) is 3.85. The molecule has 0 saturated carbocycles. The van der Waals surface area contributed by atoms with Gasteiger partial charge in [0.15, 0.2) is 17.3 Å². The van der Waals surface area contributed by atoms with E-state index in [1.54, 1.807) is 44.2 Å². The summed E-state index contributed by atoms with van der Waals surface area (Å²) in [5.74, 6) is -0.812. The Morgan fingerprint density at radius 3 is 2.38 bits per heavy atom. The topological polar surface area (TPSA) is 122 Å². The van der Waals surface area contributed by atoms with E-state index >= 15 is 0 Å². The number of benzene rings is 2. The lowest BCUT2D eigenvalue weighted by Crippen LogP contribution is -2.29. The number of Topliss-reactive ketones (excluding diaryl/α,β-unsaturated/α-hetero) is 1. The van der Waals surface area contributed by atoms with Gasteiger partial charge < -0.3 is 24.2 Å². The normalized spacial score (nSPS) is 17.3. The Morgan fingerprint density at radius 2 is 1.76 bits per heavy atom. The maximum Gasteiger partial charge on any atom is 0.301 e. The highest BCUT2D eigenvalue weighted by Gasteiger charge is 2.48. The van der Waals surface area contributed by atoms with Gasteiger partial charge in [0.2, 0.25) is 0 Å². The molecule has 3 aromatic rings. The molecule has 1 aromatic heterocycles. The minimum absolute atomic E-state index is 0.0913. The van der Waals surface area contributed by atoms with Gasteiger partial charge in [0.25, 0.3) is 5.78 Å². The summed E-state index contributed by atoms with van der Waals surface area (Å²) in [7, 11) is 0. The molecule has 1 fully saturated rings. The number of carbonyl (C=O) groups is 2. The number of nitrogens with zero attached hydrogens (tertiary/aromatic N) is 2. The van der Waals surface area contributed by atoms with Crippen LogP contribution in [0, 0.1) is 6.92 Å². The first-order valence-corrected chi connectivity index (χ1v) is 10.8. The highest BCUT2D eigenvalue weighted by molar-refractivity contribution is 6.51. The van der Waals surface area contributed by atoms with E-state index in [0.29, 0.717) is 35.9 Å². The third-order valence-corrected chi connectivity index (χ3v) is 5.34. The molecule has 1 atom stereocenters. The van der Waals surface area contributed by atoms with Crippen molar-refractivity contribution in [3.05, 3.63) is 71.0 Å². The highest BCUT2D eigenvalue weighted by Crippen LogP contribution is 2.43. The molecule has 9 nitrogen and oxygen atoms in total. The van der Waals surface area contributed by atoms with Crippen LogP contribution in [0.4, 0.5) is 5.82 Å². The van der Waals surface area contributed by atoms with Gasteiger partial charge in [-0.1, -0.05) is 11.2 Å². The predicted molar refractivity (Wildman–Crippen MR) is 123 cm³/mol. The summed E-state index contributed by atoms with van der Waals surface area (Å²) in [6.07, 6.45) is 0. The summed E-state index contributed by atoms with van der Waals surface area (Å²) in [5.41, 5.74) is 0.656. The van der Waals surface area contributed by atoms with Crippen molar-refractivity contribution >= 4 is 23.3 Å². The van der Waals surface area contributed by atoms with Gasteiger partial charge in [0.05, 0.1) is 24.8 Å². The van der Waals surface area contributed by atoms with E-state index in [2.05, 4.69) is 5.16 Å². The summed E-state index contributed by atoms with van der Waals surface area (Å²) in [6, 6.07) is 11.5. The average Bonchev–Trinajstić information content (AvgIpc) is 3.36. The van der Waals surface area contributed by atoms with Crippen molar-refractivity contribution in [1.82, 2.24) is 5.16 Å². The van der Waals surface area contributed by atoms with Gasteiger partial charge in [-0.25, -0.2) is 0 Å². The van der Waals surface area contributed by atoms with E-state index in [-0.39, 0.29) is 28.6 Å². The Labute approximate surface area is 195 Å². The molecule has 0 radical (unpaired) electrons. The smallest absolute Gasteiger partial charge is 0.301 e. The maximum atomic E-state index is 13.2. The molecule has 2 N–H and O–H groups in total.